The molecule has 0 rings (SSSR count). The average molecular weight is 174 g/mol. The molecule has 0 N–H and O–H groups in total. The van der Waals surface area contributed by atoms with Gasteiger partial charge in [0.1, 0.15) is 6.54 Å². The SMILES string of the molecule is COC(=O)CN(C)C(=O)N(C)C. The first-order valence-corrected chi connectivity index (χ1v) is 3.48. The van der Waals surface area contributed by atoms with Gasteiger partial charge < -0.3 is 14.5 Å². The van der Waals surface area contributed by atoms with Crippen molar-refractivity contribution in [3.8, 4) is 0 Å². The molecule has 0 unspecified atom stereocenters. The van der Waals surface area contributed by atoms with E-state index in [1.807, 2.05) is 0 Å². The number of ether oxygens (including phenoxy) is 1. The van der Waals surface area contributed by atoms with Crippen molar-refractivity contribution in [2.45, 2.75) is 0 Å². The molecular weight excluding hydrogens is 160 g/mol. The van der Waals surface area contributed by atoms with Crippen molar-refractivity contribution < 1.29 is 14.3 Å². The Morgan fingerprint density at radius 2 is 1.75 bits per heavy atom. The molecule has 0 aromatic heterocycles. The molecule has 0 fully saturated rings. The first kappa shape index (κ1) is 10.7. The van der Waals surface area contributed by atoms with Crippen LogP contribution in [0.1, 0.15) is 0 Å². The summed E-state index contributed by atoms with van der Waals surface area (Å²) in [7, 11) is 6.07. The summed E-state index contributed by atoms with van der Waals surface area (Å²) in [6.45, 7) is -0.0203. The molecule has 0 aliphatic rings. The molecule has 0 heterocycles. The Morgan fingerprint density at radius 3 is 2.08 bits per heavy atom. The zero-order chi connectivity index (χ0) is 9.72. The summed E-state index contributed by atoms with van der Waals surface area (Å²) in [6, 6.07) is -0.222. The summed E-state index contributed by atoms with van der Waals surface area (Å²) in [5.74, 6) is -0.423. The number of carbonyl (C=O) groups excluding carboxylic acids is 2. The molecule has 0 atom stereocenters. The molecule has 0 radical (unpaired) electrons. The number of hydrogen-bond acceptors (Lipinski definition) is 3. The molecule has 2 amide bonds. The van der Waals surface area contributed by atoms with Crippen molar-refractivity contribution in [2.75, 3.05) is 34.8 Å². The molecule has 5 nitrogen and oxygen atoms in total. The molecule has 12 heavy (non-hydrogen) atoms. The van der Waals surface area contributed by atoms with E-state index < -0.39 is 5.97 Å². The zero-order valence-corrected chi connectivity index (χ0v) is 7.83. The lowest BCUT2D eigenvalue weighted by Gasteiger charge is -2.20. The summed E-state index contributed by atoms with van der Waals surface area (Å²) in [5, 5.41) is 0. The number of nitrogens with zero attached hydrogens (tertiary/aromatic N) is 2. The van der Waals surface area contributed by atoms with E-state index in [4.69, 9.17) is 0 Å². The highest BCUT2D eigenvalue weighted by atomic mass is 16.5. The quantitative estimate of drug-likeness (QED) is 0.543. The van der Waals surface area contributed by atoms with Crippen LogP contribution in [0.2, 0.25) is 0 Å². The topological polar surface area (TPSA) is 49.9 Å². The smallest absolute Gasteiger partial charge is 0.325 e. The van der Waals surface area contributed by atoms with Crippen LogP contribution in [0.15, 0.2) is 0 Å². The largest absolute Gasteiger partial charge is 0.468 e. The fraction of sp³-hybridized carbons (Fsp3) is 0.714. The molecule has 0 spiro atoms. The molecule has 70 valence electrons. The normalized spacial score (nSPS) is 9.00. The van der Waals surface area contributed by atoms with Crippen LogP contribution in [0.3, 0.4) is 0 Å². The predicted octanol–water partition coefficient (Wildman–Crippen LogP) is -0.227. The summed E-state index contributed by atoms with van der Waals surface area (Å²) < 4.78 is 4.40. The van der Waals surface area contributed by atoms with E-state index in [0.717, 1.165) is 0 Å². The minimum absolute atomic E-state index is 0.0203. The van der Waals surface area contributed by atoms with Gasteiger partial charge >= 0.3 is 12.0 Å². The Labute approximate surface area is 71.9 Å². The molecule has 0 aliphatic carbocycles. The highest BCUT2D eigenvalue weighted by Gasteiger charge is 2.13. The van der Waals surface area contributed by atoms with Crippen molar-refractivity contribution in [1.29, 1.82) is 0 Å². The second-order valence-corrected chi connectivity index (χ2v) is 2.61. The number of esters is 1. The van der Waals surface area contributed by atoms with Crippen molar-refractivity contribution in [3.05, 3.63) is 0 Å². The number of hydrogen-bond donors (Lipinski definition) is 0. The minimum Gasteiger partial charge on any atom is -0.468 e. The van der Waals surface area contributed by atoms with Gasteiger partial charge in [0, 0.05) is 21.1 Å². The molecule has 0 aromatic rings. The van der Waals surface area contributed by atoms with Gasteiger partial charge in [-0.3, -0.25) is 4.79 Å². The number of carbonyl (C=O) groups is 2. The van der Waals surface area contributed by atoms with Gasteiger partial charge in [-0.05, 0) is 0 Å². The highest BCUT2D eigenvalue weighted by molar-refractivity contribution is 5.80. The van der Waals surface area contributed by atoms with Gasteiger partial charge in [0.15, 0.2) is 0 Å². The third kappa shape index (κ3) is 3.23. The maximum Gasteiger partial charge on any atom is 0.325 e. The predicted molar refractivity (Wildman–Crippen MR) is 43.7 cm³/mol. The minimum atomic E-state index is -0.423. The Kier molecular flexibility index (Phi) is 4.10. The van der Waals surface area contributed by atoms with Gasteiger partial charge in [-0.25, -0.2) is 4.79 Å². The molecule has 5 heteroatoms. The molecule has 0 saturated carbocycles. The second kappa shape index (κ2) is 4.58. The van der Waals surface area contributed by atoms with Crippen LogP contribution in [0.4, 0.5) is 4.79 Å². The van der Waals surface area contributed by atoms with Gasteiger partial charge in [0.25, 0.3) is 0 Å². The van der Waals surface area contributed by atoms with Crippen molar-refractivity contribution in [3.63, 3.8) is 0 Å². The van der Waals surface area contributed by atoms with E-state index in [-0.39, 0.29) is 12.6 Å². The van der Waals surface area contributed by atoms with E-state index in [1.165, 1.54) is 16.9 Å². The molecule has 0 saturated heterocycles. The number of methoxy groups -OCH3 is 1. The fourth-order valence-electron chi connectivity index (χ4n) is 0.667. The maximum absolute atomic E-state index is 11.1. The first-order valence-electron chi connectivity index (χ1n) is 3.48. The molecule has 0 bridgehead atoms. The fourth-order valence-corrected chi connectivity index (χ4v) is 0.667. The molecular formula is C7H14N2O3. The van der Waals surface area contributed by atoms with E-state index in [2.05, 4.69) is 4.74 Å². The van der Waals surface area contributed by atoms with E-state index in [9.17, 15) is 9.59 Å². The highest BCUT2D eigenvalue weighted by Crippen LogP contribution is 1.90. The van der Waals surface area contributed by atoms with Crippen LogP contribution >= 0.6 is 0 Å². The van der Waals surface area contributed by atoms with Gasteiger partial charge in [-0.2, -0.15) is 0 Å². The summed E-state index contributed by atoms with van der Waals surface area (Å²) >= 11 is 0. The summed E-state index contributed by atoms with van der Waals surface area (Å²) in [6.07, 6.45) is 0. The Balaban J connectivity index is 3.95. The van der Waals surface area contributed by atoms with Gasteiger partial charge in [0.05, 0.1) is 7.11 Å². The maximum atomic E-state index is 11.1. The molecule has 0 aliphatic heterocycles. The Morgan fingerprint density at radius 1 is 1.25 bits per heavy atom. The van der Waals surface area contributed by atoms with Crippen LogP contribution in [0.5, 0.6) is 0 Å². The van der Waals surface area contributed by atoms with Crippen molar-refractivity contribution in [1.82, 2.24) is 9.80 Å². The van der Waals surface area contributed by atoms with Gasteiger partial charge in [-0.1, -0.05) is 0 Å². The lowest BCUT2D eigenvalue weighted by molar-refractivity contribution is -0.141. The van der Waals surface area contributed by atoms with Gasteiger partial charge in [0.2, 0.25) is 0 Å². The third-order valence-corrected chi connectivity index (χ3v) is 1.30. The first-order chi connectivity index (χ1) is 5.49. The van der Waals surface area contributed by atoms with Crippen LogP contribution in [-0.4, -0.2) is 56.6 Å². The van der Waals surface area contributed by atoms with Crippen LogP contribution in [-0.2, 0) is 9.53 Å². The summed E-state index contributed by atoms with van der Waals surface area (Å²) in [4.78, 5) is 24.5. The number of likely N-dealkylation sites (N-methyl/N-ethyl adjacent to an activating group) is 1. The third-order valence-electron chi connectivity index (χ3n) is 1.30. The van der Waals surface area contributed by atoms with E-state index in [0.29, 0.717) is 0 Å². The monoisotopic (exact) mass is 174 g/mol. The zero-order valence-electron chi connectivity index (χ0n) is 7.83. The van der Waals surface area contributed by atoms with Crippen molar-refractivity contribution >= 4 is 12.0 Å². The lowest BCUT2D eigenvalue weighted by atomic mass is 10.5. The summed E-state index contributed by atoms with van der Waals surface area (Å²) in [5.41, 5.74) is 0. The standard InChI is InChI=1S/C7H14N2O3/c1-8(2)7(11)9(3)5-6(10)12-4/h5H2,1-4H3. The lowest BCUT2D eigenvalue weighted by Crippen LogP contribution is -2.39. The number of rotatable bonds is 2. The van der Waals surface area contributed by atoms with Crippen LogP contribution in [0.25, 0.3) is 0 Å². The molecule has 0 aromatic carbocycles. The van der Waals surface area contributed by atoms with E-state index >= 15 is 0 Å². The van der Waals surface area contributed by atoms with E-state index in [1.54, 1.807) is 21.1 Å². The van der Waals surface area contributed by atoms with Gasteiger partial charge in [-0.15, -0.1) is 0 Å². The second-order valence-electron chi connectivity index (χ2n) is 2.61. The Bertz CT molecular complexity index is 179. The van der Waals surface area contributed by atoms with Crippen LogP contribution < -0.4 is 0 Å². The Hall–Kier alpha value is -1.26. The van der Waals surface area contributed by atoms with Crippen molar-refractivity contribution in [2.24, 2.45) is 0 Å². The number of urea groups is 1. The average Bonchev–Trinajstić information content (AvgIpc) is 2.02. The van der Waals surface area contributed by atoms with Crippen LogP contribution in [0, 0.1) is 0 Å². The number of amides is 2.